The van der Waals surface area contributed by atoms with Crippen molar-refractivity contribution < 1.29 is 13.5 Å². The molecule has 0 saturated carbocycles. The normalized spacial score (nSPS) is 10.2. The molecule has 0 N–H and O–H groups in total. The molecule has 6 heteroatoms. The molecular weight excluding hydrogens is 252 g/mol. The Morgan fingerprint density at radius 1 is 1.32 bits per heavy atom. The van der Waals surface area contributed by atoms with Crippen molar-refractivity contribution in [1.29, 1.82) is 5.26 Å². The van der Waals surface area contributed by atoms with Gasteiger partial charge in [-0.05, 0) is 18.2 Å². The summed E-state index contributed by atoms with van der Waals surface area (Å²) in [5.41, 5.74) is 0.401. The van der Waals surface area contributed by atoms with E-state index in [1.165, 1.54) is 30.6 Å². The summed E-state index contributed by atoms with van der Waals surface area (Å²) in [5.74, 6) is 0.300. The van der Waals surface area contributed by atoms with Gasteiger partial charge in [0.1, 0.15) is 18.4 Å². The Kier molecular flexibility index (Phi) is 3.98. The Bertz CT molecular complexity index is 611. The lowest BCUT2D eigenvalue weighted by molar-refractivity contribution is 0.145. The van der Waals surface area contributed by atoms with E-state index in [4.69, 9.17) is 10.00 Å². The van der Waals surface area contributed by atoms with Crippen molar-refractivity contribution in [2.24, 2.45) is 0 Å². The highest BCUT2D eigenvalue weighted by Crippen LogP contribution is 2.18. The van der Waals surface area contributed by atoms with Crippen LogP contribution in [0.3, 0.4) is 0 Å². The molecule has 2 aromatic rings. The molecule has 2 aromatic heterocycles. The summed E-state index contributed by atoms with van der Waals surface area (Å²) in [4.78, 5) is 7.60. The fourth-order valence-electron chi connectivity index (χ4n) is 1.44. The van der Waals surface area contributed by atoms with Gasteiger partial charge in [-0.1, -0.05) is 6.07 Å². The van der Waals surface area contributed by atoms with E-state index in [1.54, 1.807) is 6.07 Å². The molecule has 2 heterocycles. The molecule has 0 atom stereocenters. The van der Waals surface area contributed by atoms with Crippen molar-refractivity contribution in [3.63, 3.8) is 0 Å². The molecule has 0 spiro atoms. The van der Waals surface area contributed by atoms with Crippen molar-refractivity contribution in [2.45, 2.75) is 13.0 Å². The summed E-state index contributed by atoms with van der Waals surface area (Å²) in [5, 5.41) is 8.86. The van der Waals surface area contributed by atoms with Crippen LogP contribution < -0.4 is 4.74 Å². The number of nitrogens with zero attached hydrogens (tertiary/aromatic N) is 3. The minimum Gasteiger partial charge on any atom is -0.484 e. The molecule has 4 nitrogen and oxygen atoms in total. The second-order valence-corrected chi connectivity index (χ2v) is 3.63. The van der Waals surface area contributed by atoms with Crippen LogP contribution in [0.4, 0.5) is 8.78 Å². The van der Waals surface area contributed by atoms with E-state index in [9.17, 15) is 8.78 Å². The third kappa shape index (κ3) is 3.22. The number of hydrogen-bond donors (Lipinski definition) is 0. The lowest BCUT2D eigenvalue weighted by Gasteiger charge is -2.07. The summed E-state index contributed by atoms with van der Waals surface area (Å²) in [6.07, 6.45) is 0.254. The molecule has 0 amide bonds. The zero-order valence-corrected chi connectivity index (χ0v) is 9.75. The number of aromatic nitrogens is 2. The fourth-order valence-corrected chi connectivity index (χ4v) is 1.44. The molecule has 96 valence electrons. The second-order valence-electron chi connectivity index (χ2n) is 3.63. The molecule has 19 heavy (non-hydrogen) atoms. The van der Waals surface area contributed by atoms with E-state index in [-0.39, 0.29) is 12.3 Å². The first-order valence-electron chi connectivity index (χ1n) is 5.41. The third-order valence-electron chi connectivity index (χ3n) is 2.33. The molecular formula is C13H9F2N3O. The van der Waals surface area contributed by atoms with Gasteiger partial charge in [0.25, 0.3) is 6.43 Å². The third-order valence-corrected chi connectivity index (χ3v) is 2.33. The van der Waals surface area contributed by atoms with Crippen molar-refractivity contribution in [3.05, 3.63) is 53.6 Å². The van der Waals surface area contributed by atoms with E-state index >= 15 is 0 Å². The molecule has 0 aliphatic heterocycles. The predicted octanol–water partition coefficient (Wildman–Crippen LogP) is 2.86. The van der Waals surface area contributed by atoms with Crippen LogP contribution in [0.5, 0.6) is 5.75 Å². The first-order valence-corrected chi connectivity index (χ1v) is 5.41. The number of halogens is 2. The SMILES string of the molecule is N#Cc1ccncc1OCc1cccc(C(F)F)n1. The quantitative estimate of drug-likeness (QED) is 0.849. The van der Waals surface area contributed by atoms with Gasteiger partial charge in [-0.3, -0.25) is 4.98 Å². The summed E-state index contributed by atoms with van der Waals surface area (Å²) in [7, 11) is 0. The van der Waals surface area contributed by atoms with Crippen LogP contribution in [0.1, 0.15) is 23.4 Å². The maximum atomic E-state index is 12.5. The fraction of sp³-hybridized carbons (Fsp3) is 0.154. The van der Waals surface area contributed by atoms with Crippen molar-refractivity contribution in [3.8, 4) is 11.8 Å². The van der Waals surface area contributed by atoms with Crippen molar-refractivity contribution in [2.75, 3.05) is 0 Å². The number of ether oxygens (including phenoxy) is 1. The Morgan fingerprint density at radius 3 is 2.89 bits per heavy atom. The Morgan fingerprint density at radius 2 is 2.16 bits per heavy atom. The molecule has 0 fully saturated rings. The van der Waals surface area contributed by atoms with Crippen LogP contribution in [-0.2, 0) is 6.61 Å². The van der Waals surface area contributed by atoms with E-state index in [1.807, 2.05) is 6.07 Å². The maximum absolute atomic E-state index is 12.5. The van der Waals surface area contributed by atoms with Gasteiger partial charge in [-0.15, -0.1) is 0 Å². The number of alkyl halides is 2. The van der Waals surface area contributed by atoms with E-state index in [0.29, 0.717) is 17.0 Å². The molecule has 0 bridgehead atoms. The number of nitriles is 1. The molecule has 2 rings (SSSR count). The molecule has 0 aliphatic carbocycles. The number of hydrogen-bond acceptors (Lipinski definition) is 4. The summed E-state index contributed by atoms with van der Waals surface area (Å²) in [6.45, 7) is 0.000926. The minimum absolute atomic E-state index is 0.000926. The first-order chi connectivity index (χ1) is 9.20. The molecule has 0 aromatic carbocycles. The lowest BCUT2D eigenvalue weighted by Crippen LogP contribution is -2.02. The summed E-state index contributed by atoms with van der Waals surface area (Å²) in [6, 6.07) is 7.78. The van der Waals surface area contributed by atoms with Crippen LogP contribution in [0.25, 0.3) is 0 Å². The van der Waals surface area contributed by atoms with Crippen molar-refractivity contribution in [1.82, 2.24) is 9.97 Å². The monoisotopic (exact) mass is 261 g/mol. The summed E-state index contributed by atoms with van der Waals surface area (Å²) < 4.78 is 30.3. The minimum atomic E-state index is -2.62. The van der Waals surface area contributed by atoms with Crippen LogP contribution in [0.2, 0.25) is 0 Å². The lowest BCUT2D eigenvalue weighted by atomic mass is 10.3. The average molecular weight is 261 g/mol. The smallest absolute Gasteiger partial charge is 0.280 e. The van der Waals surface area contributed by atoms with Gasteiger partial charge in [0, 0.05) is 6.20 Å². The van der Waals surface area contributed by atoms with Crippen LogP contribution in [-0.4, -0.2) is 9.97 Å². The Hall–Kier alpha value is -2.55. The highest BCUT2D eigenvalue weighted by atomic mass is 19.3. The molecule has 0 saturated heterocycles. The highest BCUT2D eigenvalue weighted by molar-refractivity contribution is 5.40. The summed E-state index contributed by atoms with van der Waals surface area (Å²) >= 11 is 0. The first kappa shape index (κ1) is 12.9. The number of rotatable bonds is 4. The zero-order valence-electron chi connectivity index (χ0n) is 9.75. The van der Waals surface area contributed by atoms with Gasteiger partial charge >= 0.3 is 0 Å². The predicted molar refractivity (Wildman–Crippen MR) is 62.5 cm³/mol. The van der Waals surface area contributed by atoms with Crippen LogP contribution in [0.15, 0.2) is 36.7 Å². The van der Waals surface area contributed by atoms with Gasteiger partial charge in [0.05, 0.1) is 17.5 Å². The van der Waals surface area contributed by atoms with E-state index in [0.717, 1.165) is 0 Å². The Balaban J connectivity index is 2.11. The second kappa shape index (κ2) is 5.87. The zero-order chi connectivity index (χ0) is 13.7. The van der Waals surface area contributed by atoms with E-state index in [2.05, 4.69) is 9.97 Å². The van der Waals surface area contributed by atoms with Crippen molar-refractivity contribution >= 4 is 0 Å². The average Bonchev–Trinajstić information content (AvgIpc) is 2.45. The standard InChI is InChI=1S/C13H9F2N3O/c14-13(15)11-3-1-2-10(18-11)8-19-12-7-17-5-4-9(12)6-16/h1-5,7,13H,8H2. The maximum Gasteiger partial charge on any atom is 0.280 e. The highest BCUT2D eigenvalue weighted by Gasteiger charge is 2.09. The van der Waals surface area contributed by atoms with Gasteiger partial charge in [-0.25, -0.2) is 13.8 Å². The molecule has 0 aliphatic rings. The Labute approximate surface area is 108 Å². The van der Waals surface area contributed by atoms with E-state index < -0.39 is 6.43 Å². The number of pyridine rings is 2. The molecule has 0 radical (unpaired) electrons. The van der Waals surface area contributed by atoms with Crippen LogP contribution >= 0.6 is 0 Å². The molecule has 0 unspecified atom stereocenters. The van der Waals surface area contributed by atoms with Gasteiger partial charge in [0.2, 0.25) is 0 Å². The van der Waals surface area contributed by atoms with Gasteiger partial charge in [-0.2, -0.15) is 5.26 Å². The largest absolute Gasteiger partial charge is 0.484 e. The van der Waals surface area contributed by atoms with Gasteiger partial charge < -0.3 is 4.74 Å². The van der Waals surface area contributed by atoms with Gasteiger partial charge in [0.15, 0.2) is 5.75 Å². The topological polar surface area (TPSA) is 58.8 Å². The van der Waals surface area contributed by atoms with Crippen LogP contribution in [0, 0.1) is 11.3 Å².